The third kappa shape index (κ3) is 4.91. The van der Waals surface area contributed by atoms with E-state index in [2.05, 4.69) is 6.58 Å². The molecule has 28 heavy (non-hydrogen) atoms. The predicted octanol–water partition coefficient (Wildman–Crippen LogP) is 4.42. The van der Waals surface area contributed by atoms with Gasteiger partial charge in [0.05, 0.1) is 14.2 Å². The van der Waals surface area contributed by atoms with E-state index in [4.69, 9.17) is 9.47 Å². The molecule has 2 aromatic rings. The molecule has 0 radical (unpaired) electrons. The summed E-state index contributed by atoms with van der Waals surface area (Å²) in [5.41, 5.74) is 0.363. The number of halogens is 2. The van der Waals surface area contributed by atoms with Gasteiger partial charge in [0, 0.05) is 22.6 Å². The molecule has 0 spiro atoms. The first-order valence-corrected chi connectivity index (χ1v) is 8.44. The summed E-state index contributed by atoms with van der Waals surface area (Å²) in [7, 11) is 2.37. The van der Waals surface area contributed by atoms with E-state index in [-0.39, 0.29) is 28.7 Å². The second kappa shape index (κ2) is 9.60. The standard InChI is InChI=1S/C22H20F2O4/c1-14(21(25)27-2)18(17-9-5-7-11-20(17)24)13-16(22(26)28-3)12-15-8-4-6-10-19(15)23/h4-12,18H,1,13H2,2-3H3/b16-12+. The van der Waals surface area contributed by atoms with Crippen molar-refractivity contribution in [1.82, 2.24) is 0 Å². The Hall–Kier alpha value is -3.28. The number of ether oxygens (including phenoxy) is 2. The first-order chi connectivity index (χ1) is 13.4. The Kier molecular flexibility index (Phi) is 7.21. The van der Waals surface area contributed by atoms with Gasteiger partial charge in [0.25, 0.3) is 0 Å². The summed E-state index contributed by atoms with van der Waals surface area (Å²) in [6.07, 6.45) is 1.19. The van der Waals surface area contributed by atoms with Crippen molar-refractivity contribution < 1.29 is 27.8 Å². The number of benzene rings is 2. The van der Waals surface area contributed by atoms with Crippen LogP contribution in [0, 0.1) is 11.6 Å². The van der Waals surface area contributed by atoms with Gasteiger partial charge < -0.3 is 9.47 Å². The molecule has 0 N–H and O–H groups in total. The van der Waals surface area contributed by atoms with Gasteiger partial charge in [-0.3, -0.25) is 0 Å². The SMILES string of the molecule is C=C(C(=O)OC)C(C/C(=C\c1ccccc1F)C(=O)OC)c1ccccc1F. The topological polar surface area (TPSA) is 52.6 Å². The van der Waals surface area contributed by atoms with E-state index in [9.17, 15) is 18.4 Å². The fourth-order valence-corrected chi connectivity index (χ4v) is 2.78. The molecule has 0 aliphatic heterocycles. The minimum Gasteiger partial charge on any atom is -0.466 e. The zero-order valence-corrected chi connectivity index (χ0v) is 15.6. The van der Waals surface area contributed by atoms with Crippen LogP contribution in [0.15, 0.2) is 66.3 Å². The Bertz CT molecular complexity index is 918. The number of hydrogen-bond acceptors (Lipinski definition) is 4. The highest BCUT2D eigenvalue weighted by molar-refractivity contribution is 5.95. The van der Waals surface area contributed by atoms with Crippen molar-refractivity contribution in [2.24, 2.45) is 0 Å². The van der Waals surface area contributed by atoms with Crippen LogP contribution in [0.4, 0.5) is 8.78 Å². The van der Waals surface area contributed by atoms with Crippen LogP contribution in [0.25, 0.3) is 6.08 Å². The van der Waals surface area contributed by atoms with Crippen molar-refractivity contribution in [2.75, 3.05) is 14.2 Å². The molecular weight excluding hydrogens is 366 g/mol. The molecule has 1 atom stereocenters. The van der Waals surface area contributed by atoms with Crippen molar-refractivity contribution in [3.05, 3.63) is 89.0 Å². The van der Waals surface area contributed by atoms with E-state index >= 15 is 0 Å². The maximum absolute atomic E-state index is 14.4. The van der Waals surface area contributed by atoms with Crippen LogP contribution in [0.3, 0.4) is 0 Å². The number of hydrogen-bond donors (Lipinski definition) is 0. The number of esters is 2. The predicted molar refractivity (Wildman–Crippen MR) is 101 cm³/mol. The number of methoxy groups -OCH3 is 2. The van der Waals surface area contributed by atoms with Gasteiger partial charge >= 0.3 is 11.9 Å². The normalized spacial score (nSPS) is 12.2. The third-order valence-electron chi connectivity index (χ3n) is 4.26. The van der Waals surface area contributed by atoms with Gasteiger partial charge in [0.15, 0.2) is 0 Å². The van der Waals surface area contributed by atoms with Crippen molar-refractivity contribution >= 4 is 18.0 Å². The van der Waals surface area contributed by atoms with Crippen molar-refractivity contribution in [2.45, 2.75) is 12.3 Å². The lowest BCUT2D eigenvalue weighted by molar-refractivity contribution is -0.137. The molecule has 2 aromatic carbocycles. The monoisotopic (exact) mass is 386 g/mol. The Morgan fingerprint density at radius 1 is 0.964 bits per heavy atom. The van der Waals surface area contributed by atoms with Crippen LogP contribution < -0.4 is 0 Å². The molecule has 0 heterocycles. The van der Waals surface area contributed by atoms with Gasteiger partial charge in [-0.25, -0.2) is 18.4 Å². The minimum absolute atomic E-state index is 0.0315. The van der Waals surface area contributed by atoms with E-state index in [1.54, 1.807) is 12.1 Å². The Balaban J connectivity index is 2.53. The molecule has 0 aliphatic rings. The molecule has 1 unspecified atom stereocenters. The molecule has 4 nitrogen and oxygen atoms in total. The first kappa shape index (κ1) is 21.0. The molecule has 0 bridgehead atoms. The summed E-state index contributed by atoms with van der Waals surface area (Å²) in [6, 6.07) is 11.7. The molecule has 0 aliphatic carbocycles. The van der Waals surface area contributed by atoms with Crippen LogP contribution in [-0.4, -0.2) is 26.2 Å². The van der Waals surface area contributed by atoms with Gasteiger partial charge in [-0.05, 0) is 30.2 Å². The second-order valence-corrected chi connectivity index (χ2v) is 5.98. The van der Waals surface area contributed by atoms with Crippen LogP contribution in [0.2, 0.25) is 0 Å². The first-order valence-electron chi connectivity index (χ1n) is 8.44. The lowest BCUT2D eigenvalue weighted by Crippen LogP contribution is -2.17. The fourth-order valence-electron chi connectivity index (χ4n) is 2.78. The zero-order valence-electron chi connectivity index (χ0n) is 15.6. The minimum atomic E-state index is -0.897. The summed E-state index contributed by atoms with van der Waals surface area (Å²) in [5, 5.41) is 0. The molecule has 146 valence electrons. The maximum atomic E-state index is 14.4. The van der Waals surface area contributed by atoms with Crippen LogP contribution in [0.5, 0.6) is 0 Å². The van der Waals surface area contributed by atoms with Crippen LogP contribution in [-0.2, 0) is 19.1 Å². The van der Waals surface area contributed by atoms with E-state index in [0.717, 1.165) is 0 Å². The molecule has 2 rings (SSSR count). The number of carbonyl (C=O) groups is 2. The molecule has 6 heteroatoms. The van der Waals surface area contributed by atoms with Gasteiger partial charge in [-0.2, -0.15) is 0 Å². The largest absolute Gasteiger partial charge is 0.466 e. The lowest BCUT2D eigenvalue weighted by atomic mass is 9.85. The van der Waals surface area contributed by atoms with E-state index < -0.39 is 29.5 Å². The highest BCUT2D eigenvalue weighted by Crippen LogP contribution is 2.33. The summed E-state index contributed by atoms with van der Waals surface area (Å²) in [5.74, 6) is -3.44. The molecular formula is C22H20F2O4. The number of carbonyl (C=O) groups excluding carboxylic acids is 2. The molecule has 0 aromatic heterocycles. The fraction of sp³-hybridized carbons (Fsp3) is 0.182. The Labute approximate surface area is 162 Å². The van der Waals surface area contributed by atoms with E-state index in [1.807, 2.05) is 0 Å². The molecule has 0 fully saturated rings. The van der Waals surface area contributed by atoms with Gasteiger partial charge in [-0.15, -0.1) is 0 Å². The third-order valence-corrected chi connectivity index (χ3v) is 4.26. The van der Waals surface area contributed by atoms with E-state index in [1.165, 1.54) is 56.7 Å². The summed E-state index contributed by atoms with van der Waals surface area (Å²) in [6.45, 7) is 3.71. The molecule has 0 saturated carbocycles. The lowest BCUT2D eigenvalue weighted by Gasteiger charge is -2.20. The highest BCUT2D eigenvalue weighted by Gasteiger charge is 2.27. The van der Waals surface area contributed by atoms with Gasteiger partial charge in [0.2, 0.25) is 0 Å². The Morgan fingerprint density at radius 3 is 2.11 bits per heavy atom. The highest BCUT2D eigenvalue weighted by atomic mass is 19.1. The summed E-state index contributed by atoms with van der Waals surface area (Å²) >= 11 is 0. The quantitative estimate of drug-likeness (QED) is 0.522. The Morgan fingerprint density at radius 2 is 1.54 bits per heavy atom. The van der Waals surface area contributed by atoms with Crippen LogP contribution >= 0.6 is 0 Å². The van der Waals surface area contributed by atoms with Crippen molar-refractivity contribution in [3.63, 3.8) is 0 Å². The van der Waals surface area contributed by atoms with Crippen molar-refractivity contribution in [1.29, 1.82) is 0 Å². The van der Waals surface area contributed by atoms with Gasteiger partial charge in [-0.1, -0.05) is 43.0 Å². The smallest absolute Gasteiger partial charge is 0.333 e. The zero-order chi connectivity index (χ0) is 20.7. The second-order valence-electron chi connectivity index (χ2n) is 5.98. The molecule has 0 saturated heterocycles. The van der Waals surface area contributed by atoms with Crippen molar-refractivity contribution in [3.8, 4) is 0 Å². The average Bonchev–Trinajstić information content (AvgIpc) is 2.71. The number of rotatable bonds is 7. The maximum Gasteiger partial charge on any atom is 0.333 e. The molecule has 0 amide bonds. The summed E-state index contributed by atoms with van der Waals surface area (Å²) in [4.78, 5) is 24.3. The van der Waals surface area contributed by atoms with Crippen LogP contribution in [0.1, 0.15) is 23.5 Å². The van der Waals surface area contributed by atoms with Gasteiger partial charge in [0.1, 0.15) is 11.6 Å². The average molecular weight is 386 g/mol. The summed E-state index contributed by atoms with van der Waals surface area (Å²) < 4.78 is 37.9. The van der Waals surface area contributed by atoms with E-state index in [0.29, 0.717) is 0 Å².